The lowest BCUT2D eigenvalue weighted by Gasteiger charge is -2.25. The average molecular weight is 541 g/mol. The fraction of sp³-hybridized carbons (Fsp3) is 0.200. The summed E-state index contributed by atoms with van der Waals surface area (Å²) in [5, 5.41) is 6.85. The number of methoxy groups -OCH3 is 1. The number of nitrogens with one attached hydrogen (secondary N) is 2. The van der Waals surface area contributed by atoms with E-state index < -0.39 is 5.97 Å². The van der Waals surface area contributed by atoms with Crippen LogP contribution in [0.2, 0.25) is 0 Å². The first-order chi connectivity index (χ1) is 18.9. The van der Waals surface area contributed by atoms with Crippen LogP contribution in [0.1, 0.15) is 45.9 Å². The van der Waals surface area contributed by atoms with Crippen molar-refractivity contribution >= 4 is 34.9 Å². The minimum atomic E-state index is -0.396. The Labute approximate surface area is 232 Å². The Morgan fingerprint density at radius 3 is 2.51 bits per heavy atom. The molecule has 2 aromatic heterocycles. The van der Waals surface area contributed by atoms with Crippen molar-refractivity contribution in [2.75, 3.05) is 19.0 Å². The van der Waals surface area contributed by atoms with E-state index in [9.17, 15) is 9.59 Å². The molecule has 0 bridgehead atoms. The number of aryl methyl sites for hydroxylation is 1. The molecule has 1 aliphatic heterocycles. The number of benzene rings is 2. The van der Waals surface area contributed by atoms with E-state index in [0.717, 1.165) is 22.5 Å². The molecule has 0 unspecified atom stereocenters. The van der Waals surface area contributed by atoms with Gasteiger partial charge in [0.15, 0.2) is 5.11 Å². The number of rotatable bonds is 8. The molecule has 0 aliphatic carbocycles. The normalized spacial score (nSPS) is 16.6. The van der Waals surface area contributed by atoms with Gasteiger partial charge in [0.1, 0.15) is 17.6 Å². The molecule has 39 heavy (non-hydrogen) atoms. The van der Waals surface area contributed by atoms with Crippen molar-refractivity contribution in [1.82, 2.24) is 15.2 Å². The van der Waals surface area contributed by atoms with Crippen molar-refractivity contribution in [2.24, 2.45) is 0 Å². The van der Waals surface area contributed by atoms with Gasteiger partial charge >= 0.3 is 5.97 Å². The van der Waals surface area contributed by atoms with Crippen LogP contribution in [-0.4, -0.2) is 40.5 Å². The van der Waals surface area contributed by atoms with Gasteiger partial charge in [0.05, 0.1) is 24.4 Å². The molecule has 1 fully saturated rings. The summed E-state index contributed by atoms with van der Waals surface area (Å²) in [6.07, 6.45) is 1.98. The second-order valence-electron chi connectivity index (χ2n) is 9.26. The van der Waals surface area contributed by atoms with Gasteiger partial charge in [-0.3, -0.25) is 9.78 Å². The zero-order valence-corrected chi connectivity index (χ0v) is 22.4. The summed E-state index contributed by atoms with van der Waals surface area (Å²) in [6, 6.07) is 23.7. The number of carbonyl (C=O) groups is 2. The number of furan rings is 1. The third-order valence-corrected chi connectivity index (χ3v) is 6.97. The predicted octanol–water partition coefficient (Wildman–Crippen LogP) is 5.44. The van der Waals surface area contributed by atoms with E-state index in [2.05, 4.69) is 15.6 Å². The maximum atomic E-state index is 12.8. The van der Waals surface area contributed by atoms with E-state index in [-0.39, 0.29) is 24.4 Å². The van der Waals surface area contributed by atoms with E-state index in [1.54, 1.807) is 18.3 Å². The van der Waals surface area contributed by atoms with Gasteiger partial charge in [-0.15, -0.1) is 0 Å². The molecular formula is C30H28N4O4S. The van der Waals surface area contributed by atoms with Crippen LogP contribution in [0.25, 0.3) is 11.3 Å². The molecule has 9 heteroatoms. The minimum Gasteiger partial charge on any atom is -0.465 e. The topological polar surface area (TPSA) is 96.7 Å². The van der Waals surface area contributed by atoms with E-state index in [0.29, 0.717) is 28.7 Å². The van der Waals surface area contributed by atoms with Crippen molar-refractivity contribution < 1.29 is 18.7 Å². The fourth-order valence-electron chi connectivity index (χ4n) is 4.59. The SMILES string of the molecule is COC(=O)c1ccc(-c2ccc([C@H]3[C@H](c4ccccn4)NC(=S)N3CCC(=O)Nc3ccc(C)cc3)o2)cc1. The Morgan fingerprint density at radius 2 is 1.82 bits per heavy atom. The van der Waals surface area contributed by atoms with Crippen LogP contribution in [0.15, 0.2) is 89.5 Å². The lowest BCUT2D eigenvalue weighted by molar-refractivity contribution is -0.116. The van der Waals surface area contributed by atoms with Crippen LogP contribution in [0.4, 0.5) is 5.69 Å². The molecule has 5 rings (SSSR count). The van der Waals surface area contributed by atoms with E-state index in [1.807, 2.05) is 78.6 Å². The van der Waals surface area contributed by atoms with Gasteiger partial charge in [-0.1, -0.05) is 35.9 Å². The Morgan fingerprint density at radius 1 is 1.05 bits per heavy atom. The second-order valence-corrected chi connectivity index (χ2v) is 9.64. The average Bonchev–Trinajstić information content (AvgIpc) is 3.58. The van der Waals surface area contributed by atoms with Crippen LogP contribution in [0.5, 0.6) is 0 Å². The highest BCUT2D eigenvalue weighted by Gasteiger charge is 2.41. The van der Waals surface area contributed by atoms with Gasteiger partial charge in [-0.2, -0.15) is 0 Å². The van der Waals surface area contributed by atoms with Crippen LogP contribution in [0.3, 0.4) is 0 Å². The van der Waals surface area contributed by atoms with Crippen LogP contribution in [-0.2, 0) is 9.53 Å². The van der Waals surface area contributed by atoms with Crippen LogP contribution >= 0.6 is 12.2 Å². The Kier molecular flexibility index (Phi) is 7.69. The van der Waals surface area contributed by atoms with Gasteiger partial charge in [-0.05, 0) is 67.7 Å². The summed E-state index contributed by atoms with van der Waals surface area (Å²) in [7, 11) is 1.35. The molecule has 3 heterocycles. The van der Waals surface area contributed by atoms with Crippen molar-refractivity contribution in [3.63, 3.8) is 0 Å². The number of aromatic nitrogens is 1. The number of carbonyl (C=O) groups excluding carboxylic acids is 2. The van der Waals surface area contributed by atoms with Gasteiger partial charge in [0.25, 0.3) is 0 Å². The first-order valence-corrected chi connectivity index (χ1v) is 13.0. The van der Waals surface area contributed by atoms with Crippen molar-refractivity contribution in [3.8, 4) is 11.3 Å². The summed E-state index contributed by atoms with van der Waals surface area (Å²) in [5.41, 5.74) is 3.98. The molecule has 0 saturated carbocycles. The molecule has 1 saturated heterocycles. The first kappa shape index (κ1) is 26.1. The lowest BCUT2D eigenvalue weighted by Crippen LogP contribution is -2.32. The van der Waals surface area contributed by atoms with Crippen LogP contribution < -0.4 is 10.6 Å². The minimum absolute atomic E-state index is 0.104. The highest BCUT2D eigenvalue weighted by molar-refractivity contribution is 7.80. The maximum absolute atomic E-state index is 12.8. The number of hydrogen-bond donors (Lipinski definition) is 2. The molecule has 198 valence electrons. The molecule has 2 N–H and O–H groups in total. The quantitative estimate of drug-likeness (QED) is 0.225. The smallest absolute Gasteiger partial charge is 0.337 e. The predicted molar refractivity (Wildman–Crippen MR) is 152 cm³/mol. The summed E-state index contributed by atoms with van der Waals surface area (Å²) in [4.78, 5) is 31.1. The molecule has 8 nitrogen and oxygen atoms in total. The Balaban J connectivity index is 1.38. The molecular weight excluding hydrogens is 512 g/mol. The molecule has 0 spiro atoms. The number of hydrogen-bond acceptors (Lipinski definition) is 6. The molecule has 0 radical (unpaired) electrons. The number of anilines is 1. The molecule has 1 aliphatic rings. The third-order valence-electron chi connectivity index (χ3n) is 6.62. The second kappa shape index (κ2) is 11.5. The number of esters is 1. The van der Waals surface area contributed by atoms with Gasteiger partial charge in [-0.25, -0.2) is 4.79 Å². The lowest BCUT2D eigenvalue weighted by atomic mass is 10.0. The summed E-state index contributed by atoms with van der Waals surface area (Å²) < 4.78 is 11.1. The highest BCUT2D eigenvalue weighted by Crippen LogP contribution is 2.40. The van der Waals surface area contributed by atoms with E-state index >= 15 is 0 Å². The first-order valence-electron chi connectivity index (χ1n) is 12.6. The molecule has 4 aromatic rings. The van der Waals surface area contributed by atoms with Gasteiger partial charge in [0, 0.05) is 30.4 Å². The zero-order valence-electron chi connectivity index (χ0n) is 21.6. The highest BCUT2D eigenvalue weighted by atomic mass is 32.1. The number of thiocarbonyl (C=S) groups is 1. The van der Waals surface area contributed by atoms with E-state index in [1.165, 1.54) is 7.11 Å². The number of nitrogens with zero attached hydrogens (tertiary/aromatic N) is 2. The van der Waals surface area contributed by atoms with Crippen LogP contribution in [0, 0.1) is 6.92 Å². The van der Waals surface area contributed by atoms with E-state index in [4.69, 9.17) is 21.4 Å². The zero-order chi connectivity index (χ0) is 27.4. The maximum Gasteiger partial charge on any atom is 0.337 e. The number of ether oxygens (including phenoxy) is 1. The monoisotopic (exact) mass is 540 g/mol. The number of amides is 1. The van der Waals surface area contributed by atoms with Crippen molar-refractivity contribution in [1.29, 1.82) is 0 Å². The summed E-state index contributed by atoms with van der Waals surface area (Å²) >= 11 is 5.71. The molecule has 2 aromatic carbocycles. The summed E-state index contributed by atoms with van der Waals surface area (Å²) in [6.45, 7) is 2.39. The molecule has 1 amide bonds. The Hall–Kier alpha value is -4.50. The van der Waals surface area contributed by atoms with Gasteiger partial charge < -0.3 is 24.7 Å². The van der Waals surface area contributed by atoms with Crippen molar-refractivity contribution in [2.45, 2.75) is 25.4 Å². The van der Waals surface area contributed by atoms with Gasteiger partial charge in [0.2, 0.25) is 5.91 Å². The number of pyridine rings is 1. The fourth-order valence-corrected chi connectivity index (χ4v) is 4.92. The Bertz CT molecular complexity index is 1470. The summed E-state index contributed by atoms with van der Waals surface area (Å²) in [5.74, 6) is 0.833. The largest absolute Gasteiger partial charge is 0.465 e. The molecule has 2 atom stereocenters. The third kappa shape index (κ3) is 5.83. The standard InChI is InChI=1S/C30H28N4O4S/c1-19-6-12-22(13-7-19)32-26(35)16-18-34-28(27(33-30(34)39)23-5-3-4-17-31-23)25-15-14-24(38-25)20-8-10-21(11-9-20)29(36)37-2/h3-15,17,27-28H,16,18H2,1-2H3,(H,32,35)(H,33,39)/t27-,28-/m0/s1. The van der Waals surface area contributed by atoms with Crippen molar-refractivity contribution in [3.05, 3.63) is 108 Å².